The van der Waals surface area contributed by atoms with Crippen molar-refractivity contribution in [3.8, 4) is 5.75 Å². The molecule has 0 N–H and O–H groups in total. The number of rotatable bonds is 6. The Balaban J connectivity index is 1.77. The molecule has 0 saturated carbocycles. The minimum atomic E-state index is -0.510. The summed E-state index contributed by atoms with van der Waals surface area (Å²) in [7, 11) is 0. The molecule has 1 saturated heterocycles. The summed E-state index contributed by atoms with van der Waals surface area (Å²) in [6.07, 6.45) is 0.701. The number of amides is 2. The SMILES string of the molecule is CCCOc1ccc(C2=C(N3CC(C)OC(C)C3)C(=O)N(c3cccc(F)c3)C2=O)cc1. The third kappa shape index (κ3) is 4.25. The zero-order chi connectivity index (χ0) is 22.8. The standard InChI is InChI=1S/C25H27FN2O4/c1-4-12-31-21-10-8-18(9-11-21)22-23(27-14-16(2)32-17(3)15-27)25(30)28(24(22)29)20-7-5-6-19(26)13-20/h5-11,13,16-17H,4,12,14-15H2,1-3H3. The second-order valence-corrected chi connectivity index (χ2v) is 8.18. The van der Waals surface area contributed by atoms with Gasteiger partial charge in [0.25, 0.3) is 11.8 Å². The van der Waals surface area contributed by atoms with Crippen LogP contribution in [-0.2, 0) is 14.3 Å². The highest BCUT2D eigenvalue weighted by molar-refractivity contribution is 6.45. The van der Waals surface area contributed by atoms with Crippen LogP contribution >= 0.6 is 0 Å². The molecule has 168 valence electrons. The molecule has 7 heteroatoms. The van der Waals surface area contributed by atoms with Crippen LogP contribution in [-0.4, -0.2) is 48.6 Å². The molecule has 4 rings (SSSR count). The van der Waals surface area contributed by atoms with Gasteiger partial charge in [0.05, 0.1) is 30.1 Å². The van der Waals surface area contributed by atoms with Crippen LogP contribution in [0.4, 0.5) is 10.1 Å². The van der Waals surface area contributed by atoms with Crippen LogP contribution in [0.3, 0.4) is 0 Å². The van der Waals surface area contributed by atoms with E-state index in [2.05, 4.69) is 0 Å². The molecule has 0 bridgehead atoms. The van der Waals surface area contributed by atoms with E-state index in [0.717, 1.165) is 11.3 Å². The highest BCUT2D eigenvalue weighted by atomic mass is 19.1. The molecular formula is C25H27FN2O4. The number of morpholine rings is 1. The Morgan fingerprint density at radius 1 is 1.03 bits per heavy atom. The Hall–Kier alpha value is -3.19. The van der Waals surface area contributed by atoms with Crippen molar-refractivity contribution < 1.29 is 23.5 Å². The summed E-state index contributed by atoms with van der Waals surface area (Å²) in [5.74, 6) is -0.734. The molecule has 2 aromatic carbocycles. The lowest BCUT2D eigenvalue weighted by atomic mass is 10.0. The first-order chi connectivity index (χ1) is 15.4. The molecule has 1 fully saturated rings. The Kier molecular flexibility index (Phi) is 6.28. The fourth-order valence-corrected chi connectivity index (χ4v) is 4.22. The van der Waals surface area contributed by atoms with Gasteiger partial charge < -0.3 is 14.4 Å². The third-order valence-corrected chi connectivity index (χ3v) is 5.48. The molecule has 0 aliphatic carbocycles. The van der Waals surface area contributed by atoms with E-state index in [1.54, 1.807) is 30.3 Å². The molecule has 32 heavy (non-hydrogen) atoms. The van der Waals surface area contributed by atoms with Gasteiger partial charge in [-0.2, -0.15) is 0 Å². The van der Waals surface area contributed by atoms with E-state index in [4.69, 9.17) is 9.47 Å². The van der Waals surface area contributed by atoms with Crippen molar-refractivity contribution in [1.29, 1.82) is 0 Å². The van der Waals surface area contributed by atoms with Gasteiger partial charge in [0.15, 0.2) is 0 Å². The van der Waals surface area contributed by atoms with Gasteiger partial charge in [0.2, 0.25) is 0 Å². The summed E-state index contributed by atoms with van der Waals surface area (Å²) in [6.45, 7) is 7.47. The van der Waals surface area contributed by atoms with Crippen LogP contribution in [0.5, 0.6) is 5.75 Å². The number of carbonyl (C=O) groups is 2. The fraction of sp³-hybridized carbons (Fsp3) is 0.360. The lowest BCUT2D eigenvalue weighted by Gasteiger charge is -2.37. The Morgan fingerprint density at radius 3 is 2.34 bits per heavy atom. The molecule has 2 amide bonds. The summed E-state index contributed by atoms with van der Waals surface area (Å²) < 4.78 is 25.4. The van der Waals surface area contributed by atoms with Crippen molar-refractivity contribution in [3.05, 3.63) is 65.6 Å². The number of halogens is 1. The number of hydrogen-bond donors (Lipinski definition) is 0. The molecule has 2 atom stereocenters. The molecule has 2 aliphatic heterocycles. The molecule has 0 spiro atoms. The van der Waals surface area contributed by atoms with E-state index in [-0.39, 0.29) is 17.9 Å². The second-order valence-electron chi connectivity index (χ2n) is 8.18. The van der Waals surface area contributed by atoms with Crippen molar-refractivity contribution in [2.24, 2.45) is 0 Å². The van der Waals surface area contributed by atoms with E-state index in [9.17, 15) is 14.0 Å². The number of nitrogens with zero attached hydrogens (tertiary/aromatic N) is 2. The van der Waals surface area contributed by atoms with Gasteiger partial charge >= 0.3 is 0 Å². The number of carbonyl (C=O) groups excluding carboxylic acids is 2. The highest BCUT2D eigenvalue weighted by Crippen LogP contribution is 2.36. The number of hydrogen-bond acceptors (Lipinski definition) is 5. The quantitative estimate of drug-likeness (QED) is 0.638. The topological polar surface area (TPSA) is 59.1 Å². The average molecular weight is 438 g/mol. The molecule has 6 nitrogen and oxygen atoms in total. The summed E-state index contributed by atoms with van der Waals surface area (Å²) in [6, 6.07) is 12.7. The minimum absolute atomic E-state index is 0.0940. The van der Waals surface area contributed by atoms with Gasteiger partial charge in [-0.05, 0) is 56.2 Å². The lowest BCUT2D eigenvalue weighted by Crippen LogP contribution is -2.47. The summed E-state index contributed by atoms with van der Waals surface area (Å²) in [5, 5.41) is 0. The maximum Gasteiger partial charge on any atom is 0.282 e. The van der Waals surface area contributed by atoms with Crippen molar-refractivity contribution in [2.75, 3.05) is 24.6 Å². The zero-order valence-electron chi connectivity index (χ0n) is 18.5. The van der Waals surface area contributed by atoms with Gasteiger partial charge in [-0.1, -0.05) is 25.1 Å². The Bertz CT molecular complexity index is 1040. The first-order valence-electron chi connectivity index (χ1n) is 10.9. The van der Waals surface area contributed by atoms with E-state index in [0.29, 0.717) is 42.3 Å². The monoisotopic (exact) mass is 438 g/mol. The summed E-state index contributed by atoms with van der Waals surface area (Å²) in [4.78, 5) is 30.1. The number of ether oxygens (including phenoxy) is 2. The molecule has 2 heterocycles. The normalized spacial score (nSPS) is 21.5. The molecule has 0 radical (unpaired) electrons. The maximum absolute atomic E-state index is 13.9. The van der Waals surface area contributed by atoms with Crippen molar-refractivity contribution >= 4 is 23.1 Å². The van der Waals surface area contributed by atoms with Gasteiger partial charge in [-0.25, -0.2) is 9.29 Å². The molecule has 0 aromatic heterocycles. The number of benzene rings is 2. The lowest BCUT2D eigenvalue weighted by molar-refractivity contribution is -0.121. The van der Waals surface area contributed by atoms with Gasteiger partial charge in [0.1, 0.15) is 17.3 Å². The Labute approximate surface area is 187 Å². The van der Waals surface area contributed by atoms with E-state index >= 15 is 0 Å². The highest BCUT2D eigenvalue weighted by Gasteiger charge is 2.44. The van der Waals surface area contributed by atoms with Crippen LogP contribution in [0.2, 0.25) is 0 Å². The Morgan fingerprint density at radius 2 is 1.72 bits per heavy atom. The van der Waals surface area contributed by atoms with E-state index in [1.165, 1.54) is 18.2 Å². The molecule has 2 unspecified atom stereocenters. The fourth-order valence-electron chi connectivity index (χ4n) is 4.22. The molecular weight excluding hydrogens is 411 g/mol. The van der Waals surface area contributed by atoms with Gasteiger partial charge in [0, 0.05) is 13.1 Å². The summed E-state index contributed by atoms with van der Waals surface area (Å²) >= 11 is 0. The maximum atomic E-state index is 13.9. The van der Waals surface area contributed by atoms with E-state index in [1.807, 2.05) is 25.7 Å². The predicted octanol–water partition coefficient (Wildman–Crippen LogP) is 4.01. The van der Waals surface area contributed by atoms with Crippen molar-refractivity contribution in [3.63, 3.8) is 0 Å². The van der Waals surface area contributed by atoms with Crippen LogP contribution in [0.15, 0.2) is 54.2 Å². The third-order valence-electron chi connectivity index (χ3n) is 5.48. The van der Waals surface area contributed by atoms with Crippen LogP contribution in [0, 0.1) is 5.82 Å². The largest absolute Gasteiger partial charge is 0.494 e. The first kappa shape index (κ1) is 22.0. The average Bonchev–Trinajstić information content (AvgIpc) is 3.02. The first-order valence-corrected chi connectivity index (χ1v) is 10.9. The van der Waals surface area contributed by atoms with Crippen molar-refractivity contribution in [1.82, 2.24) is 4.90 Å². The van der Waals surface area contributed by atoms with Crippen LogP contribution in [0.1, 0.15) is 32.8 Å². The number of anilines is 1. The number of imide groups is 1. The minimum Gasteiger partial charge on any atom is -0.494 e. The molecule has 2 aromatic rings. The van der Waals surface area contributed by atoms with Crippen molar-refractivity contribution in [2.45, 2.75) is 39.4 Å². The summed E-state index contributed by atoms with van der Waals surface area (Å²) in [5.41, 5.74) is 1.46. The van der Waals surface area contributed by atoms with Gasteiger partial charge in [-0.3, -0.25) is 9.59 Å². The van der Waals surface area contributed by atoms with Crippen LogP contribution < -0.4 is 9.64 Å². The molecule has 2 aliphatic rings. The second kappa shape index (κ2) is 9.12. The van der Waals surface area contributed by atoms with Crippen LogP contribution in [0.25, 0.3) is 5.57 Å². The van der Waals surface area contributed by atoms with Gasteiger partial charge in [-0.15, -0.1) is 0 Å². The van der Waals surface area contributed by atoms with E-state index < -0.39 is 17.6 Å². The predicted molar refractivity (Wildman–Crippen MR) is 120 cm³/mol. The smallest absolute Gasteiger partial charge is 0.282 e. The zero-order valence-corrected chi connectivity index (χ0v) is 18.5.